The molecule has 134 valence electrons. The molecule has 2 heteroatoms. The summed E-state index contributed by atoms with van der Waals surface area (Å²) in [6.45, 7) is 2.25. The summed E-state index contributed by atoms with van der Waals surface area (Å²) in [5.74, 6) is 6.96. The molecule has 0 spiro atoms. The second-order valence-electron chi connectivity index (χ2n) is 6.29. The monoisotopic (exact) mass is 392 g/mol. The number of carbonyl (C=O) groups excluding carboxylic acids is 1. The van der Waals surface area contributed by atoms with Gasteiger partial charge in [0.1, 0.15) is 0 Å². The summed E-state index contributed by atoms with van der Waals surface area (Å²) < 4.78 is 1.39. The second-order valence-corrected chi connectivity index (χ2v) is 7.31. The summed E-state index contributed by atoms with van der Waals surface area (Å²) in [5, 5.41) is 0. The molecule has 0 rings (SSSR count). The Balaban J connectivity index is 3.36. The first-order chi connectivity index (χ1) is 11.7. The molecule has 0 unspecified atom stereocenters. The predicted octanol–water partition coefficient (Wildman–Crippen LogP) is 6.95. The molecule has 0 aromatic carbocycles. The van der Waals surface area contributed by atoms with Gasteiger partial charge in [0, 0.05) is 6.42 Å². The van der Waals surface area contributed by atoms with E-state index in [9.17, 15) is 4.79 Å². The van der Waals surface area contributed by atoms with Gasteiger partial charge in [-0.15, -0.1) is 6.42 Å². The average Bonchev–Trinajstić information content (AvgIpc) is 2.58. The van der Waals surface area contributed by atoms with Crippen LogP contribution in [0, 0.1) is 24.2 Å². The number of allylic oxidation sites excluding steroid dienone is 2. The Hall–Kier alpha value is -0.990. The lowest BCUT2D eigenvalue weighted by molar-refractivity contribution is -0.113. The van der Waals surface area contributed by atoms with Gasteiger partial charge in [0.2, 0.25) is 5.78 Å². The van der Waals surface area contributed by atoms with Crippen molar-refractivity contribution in [2.75, 3.05) is 0 Å². The van der Waals surface area contributed by atoms with E-state index in [0.717, 1.165) is 12.8 Å². The van der Waals surface area contributed by atoms with Crippen LogP contribution in [0.1, 0.15) is 96.8 Å². The number of unbranched alkanes of at least 4 members (excludes halogenated alkanes) is 10. The fourth-order valence-corrected chi connectivity index (χ4v) is 3.07. The van der Waals surface area contributed by atoms with Crippen molar-refractivity contribution in [2.45, 2.75) is 96.8 Å². The van der Waals surface area contributed by atoms with Crippen LogP contribution < -0.4 is 0 Å². The first-order valence-electron chi connectivity index (χ1n) is 9.54. The van der Waals surface area contributed by atoms with Crippen molar-refractivity contribution in [3.8, 4) is 24.2 Å². The fourth-order valence-electron chi connectivity index (χ4n) is 2.56. The van der Waals surface area contributed by atoms with Gasteiger partial charge >= 0.3 is 0 Å². The van der Waals surface area contributed by atoms with Gasteiger partial charge in [-0.2, -0.15) is 0 Å². The highest BCUT2D eigenvalue weighted by Gasteiger charge is 1.97. The summed E-state index contributed by atoms with van der Waals surface area (Å²) in [7, 11) is 0. The molecule has 0 bridgehead atoms. The van der Waals surface area contributed by atoms with E-state index < -0.39 is 0 Å². The summed E-state index contributed by atoms with van der Waals surface area (Å²) in [6, 6.07) is 0. The van der Waals surface area contributed by atoms with Crippen molar-refractivity contribution < 1.29 is 4.79 Å². The van der Waals surface area contributed by atoms with Crippen molar-refractivity contribution >= 4 is 21.7 Å². The lowest BCUT2D eigenvalue weighted by Gasteiger charge is -2.02. The van der Waals surface area contributed by atoms with E-state index in [2.05, 4.69) is 46.7 Å². The molecule has 0 saturated carbocycles. The van der Waals surface area contributed by atoms with E-state index in [-0.39, 0.29) is 5.78 Å². The topological polar surface area (TPSA) is 17.1 Å². The van der Waals surface area contributed by atoms with Gasteiger partial charge in [0.25, 0.3) is 0 Å². The largest absolute Gasteiger partial charge is 0.285 e. The highest BCUT2D eigenvalue weighted by molar-refractivity contribution is 9.11. The van der Waals surface area contributed by atoms with E-state index in [1.807, 2.05) is 0 Å². The molecular weight excluding hydrogens is 360 g/mol. The lowest BCUT2D eigenvalue weighted by Crippen LogP contribution is -1.92. The van der Waals surface area contributed by atoms with Crippen LogP contribution in [0.5, 0.6) is 0 Å². The van der Waals surface area contributed by atoms with Crippen molar-refractivity contribution in [1.29, 1.82) is 0 Å². The predicted molar refractivity (Wildman–Crippen MR) is 109 cm³/mol. The molecule has 1 nitrogen and oxygen atoms in total. The summed E-state index contributed by atoms with van der Waals surface area (Å²) in [4.78, 5) is 11.3. The molecule has 0 aliphatic rings. The Labute approximate surface area is 158 Å². The standard InChI is InChI=1S/C22H33BrO/c1-3-5-7-14-17-21(23)18-15-12-10-8-9-11-13-16-20-22(24)19-6-4-2/h2,18H,3,5,7-17,20H2,1H3/b21-18+. The molecule has 0 saturated heterocycles. The molecule has 0 atom stereocenters. The first-order valence-corrected chi connectivity index (χ1v) is 10.3. The SMILES string of the molecule is C#CC#CC(=O)CCCCCCCCC/C=C(/Br)CCCCCC. The molecule has 0 aliphatic heterocycles. The van der Waals surface area contributed by atoms with Crippen molar-refractivity contribution in [1.82, 2.24) is 0 Å². The van der Waals surface area contributed by atoms with Crippen LogP contribution in [-0.4, -0.2) is 5.78 Å². The highest BCUT2D eigenvalue weighted by Crippen LogP contribution is 2.18. The molecular formula is C22H33BrO. The molecule has 0 aromatic rings. The lowest BCUT2D eigenvalue weighted by atomic mass is 10.1. The van der Waals surface area contributed by atoms with E-state index in [0.29, 0.717) is 6.42 Å². The van der Waals surface area contributed by atoms with Gasteiger partial charge < -0.3 is 0 Å². The summed E-state index contributed by atoms with van der Waals surface area (Å²) >= 11 is 3.68. The molecule has 0 heterocycles. The van der Waals surface area contributed by atoms with Gasteiger partial charge in [0.15, 0.2) is 0 Å². The zero-order valence-electron chi connectivity index (χ0n) is 15.3. The quantitative estimate of drug-likeness (QED) is 0.167. The molecule has 24 heavy (non-hydrogen) atoms. The number of rotatable bonds is 15. The Kier molecular flexibility index (Phi) is 17.6. The number of ketones is 1. The van der Waals surface area contributed by atoms with E-state index >= 15 is 0 Å². The molecule has 0 aliphatic carbocycles. The van der Waals surface area contributed by atoms with E-state index in [4.69, 9.17) is 6.42 Å². The summed E-state index contributed by atoms with van der Waals surface area (Å²) in [6.07, 6.45) is 24.0. The highest BCUT2D eigenvalue weighted by atomic mass is 79.9. The van der Waals surface area contributed by atoms with Crippen molar-refractivity contribution in [2.24, 2.45) is 0 Å². The number of terminal acetylenes is 1. The zero-order valence-corrected chi connectivity index (χ0v) is 16.9. The zero-order chi connectivity index (χ0) is 17.9. The Morgan fingerprint density at radius 3 is 2.17 bits per heavy atom. The van der Waals surface area contributed by atoms with E-state index in [1.165, 1.54) is 75.1 Å². The van der Waals surface area contributed by atoms with Gasteiger partial charge in [0.05, 0.1) is 0 Å². The smallest absolute Gasteiger partial charge is 0.206 e. The van der Waals surface area contributed by atoms with Crippen LogP contribution in [0.2, 0.25) is 0 Å². The van der Waals surface area contributed by atoms with Crippen LogP contribution in [0.25, 0.3) is 0 Å². The third-order valence-electron chi connectivity index (χ3n) is 4.02. The normalized spacial score (nSPS) is 10.8. The van der Waals surface area contributed by atoms with Crippen LogP contribution in [-0.2, 0) is 4.79 Å². The van der Waals surface area contributed by atoms with Gasteiger partial charge in [-0.3, -0.25) is 4.79 Å². The first kappa shape index (κ1) is 23.0. The average molecular weight is 393 g/mol. The van der Waals surface area contributed by atoms with Crippen molar-refractivity contribution in [3.05, 3.63) is 10.6 Å². The third-order valence-corrected chi connectivity index (χ3v) is 4.74. The molecule has 0 amide bonds. The van der Waals surface area contributed by atoms with E-state index in [1.54, 1.807) is 0 Å². The van der Waals surface area contributed by atoms with Crippen molar-refractivity contribution in [3.63, 3.8) is 0 Å². The van der Waals surface area contributed by atoms with Gasteiger partial charge in [-0.25, -0.2) is 0 Å². The maximum absolute atomic E-state index is 11.3. The van der Waals surface area contributed by atoms with Gasteiger partial charge in [-0.1, -0.05) is 80.3 Å². The summed E-state index contributed by atoms with van der Waals surface area (Å²) in [5.41, 5.74) is 0. The van der Waals surface area contributed by atoms with Crippen LogP contribution >= 0.6 is 15.9 Å². The van der Waals surface area contributed by atoms with Gasteiger partial charge in [-0.05, 0) is 54.3 Å². The second kappa shape index (κ2) is 18.4. The number of carbonyl (C=O) groups is 1. The minimum Gasteiger partial charge on any atom is -0.285 e. The number of hydrogen-bond donors (Lipinski definition) is 0. The maximum Gasteiger partial charge on any atom is 0.206 e. The Bertz CT molecular complexity index is 445. The molecule has 0 radical (unpaired) electrons. The Morgan fingerprint density at radius 1 is 0.917 bits per heavy atom. The Morgan fingerprint density at radius 2 is 1.50 bits per heavy atom. The third kappa shape index (κ3) is 17.4. The van der Waals surface area contributed by atoms with Crippen LogP contribution in [0.15, 0.2) is 10.6 Å². The number of hydrogen-bond acceptors (Lipinski definition) is 1. The molecule has 0 fully saturated rings. The molecule has 0 N–H and O–H groups in total. The van der Waals surface area contributed by atoms with Crippen LogP contribution in [0.4, 0.5) is 0 Å². The number of Topliss-reactive ketones (excluding diaryl/α,β-unsaturated/α-hetero) is 1. The fraction of sp³-hybridized carbons (Fsp3) is 0.682. The maximum atomic E-state index is 11.3. The minimum atomic E-state index is -0.0278. The minimum absolute atomic E-state index is 0.0278. The molecule has 0 aromatic heterocycles. The number of halogens is 1. The van der Waals surface area contributed by atoms with Crippen LogP contribution in [0.3, 0.4) is 0 Å².